The van der Waals surface area contributed by atoms with Crippen molar-refractivity contribution >= 4 is 62.9 Å². The molecule has 0 atom stereocenters. The minimum Gasteiger partial charge on any atom is -0.492 e. The van der Waals surface area contributed by atoms with Crippen LogP contribution >= 0.6 is 35.1 Å². The summed E-state index contributed by atoms with van der Waals surface area (Å²) in [6.07, 6.45) is 5.17. The topological polar surface area (TPSA) is 87.7 Å². The van der Waals surface area contributed by atoms with E-state index in [-0.39, 0.29) is 18.3 Å². The molecule has 0 spiro atoms. The van der Waals surface area contributed by atoms with Gasteiger partial charge >= 0.3 is 0 Å². The zero-order chi connectivity index (χ0) is 26.1. The number of hydrogen-bond donors (Lipinski definition) is 1. The number of rotatable bonds is 8. The molecule has 2 aliphatic heterocycles. The van der Waals surface area contributed by atoms with Crippen LogP contribution in [0.4, 0.5) is 5.82 Å². The average molecular weight is 582 g/mol. The van der Waals surface area contributed by atoms with Gasteiger partial charge in [-0.1, -0.05) is 24.6 Å². The van der Waals surface area contributed by atoms with E-state index in [9.17, 15) is 9.59 Å². The zero-order valence-electron chi connectivity index (χ0n) is 21.4. The largest absolute Gasteiger partial charge is 0.492 e. The number of hydrazine groups is 1. The third kappa shape index (κ3) is 5.69. The summed E-state index contributed by atoms with van der Waals surface area (Å²) in [5.74, 6) is 0.949. The van der Waals surface area contributed by atoms with Crippen molar-refractivity contribution in [2.45, 2.75) is 26.2 Å². The molecule has 39 heavy (non-hydrogen) atoms. The number of aromatic nitrogens is 2. The summed E-state index contributed by atoms with van der Waals surface area (Å²) >= 11 is 3.04. The van der Waals surface area contributed by atoms with Crippen LogP contribution < -0.4 is 10.2 Å². The standard InChI is InChI=1S/C28H27N5O3S2.ClH/c1-18-15-23(34)33(28(18)35)31-26-24-21(17-38-27(24)30-25(29-26)22-9-6-14-37-22)19-7-5-8-20(16-19)36-13-12-32-10-3-2-4-11-32;/h5-9,14-17H,2-4,10-13H2,1H3,(H,29,30,31);1H. The smallest absolute Gasteiger partial charge is 0.275 e. The number of ether oxygens (including phenoxy) is 1. The molecule has 4 aromatic rings. The Balaban J connectivity index is 0.00000308. The fraction of sp³-hybridized carbons (Fsp3) is 0.286. The van der Waals surface area contributed by atoms with Crippen molar-refractivity contribution in [3.05, 3.63) is 58.8 Å². The van der Waals surface area contributed by atoms with Gasteiger partial charge in [0, 0.05) is 29.1 Å². The van der Waals surface area contributed by atoms with Crippen molar-refractivity contribution < 1.29 is 14.3 Å². The van der Waals surface area contributed by atoms with Gasteiger partial charge in [0.2, 0.25) is 0 Å². The molecule has 8 nitrogen and oxygen atoms in total. The SMILES string of the molecule is CC1=CC(=O)N(Nc2nc(-c3cccs3)nc3scc(-c4cccc(OCCN5CCCCC5)c4)c23)C1=O.Cl. The normalized spacial score (nSPS) is 15.9. The molecule has 202 valence electrons. The number of nitrogens with one attached hydrogen (secondary N) is 1. The molecule has 1 saturated heterocycles. The highest BCUT2D eigenvalue weighted by atomic mass is 35.5. The third-order valence-corrected chi connectivity index (χ3v) is 8.50. The van der Waals surface area contributed by atoms with E-state index in [4.69, 9.17) is 14.7 Å². The maximum Gasteiger partial charge on any atom is 0.275 e. The summed E-state index contributed by atoms with van der Waals surface area (Å²) in [6, 6.07) is 11.9. The second kappa shape index (κ2) is 11.8. The molecule has 0 radical (unpaired) electrons. The van der Waals surface area contributed by atoms with Gasteiger partial charge in [-0.2, -0.15) is 5.01 Å². The Morgan fingerprint density at radius 3 is 2.64 bits per heavy atom. The first-order valence-electron chi connectivity index (χ1n) is 12.7. The molecule has 0 aliphatic carbocycles. The predicted molar refractivity (Wildman–Crippen MR) is 158 cm³/mol. The van der Waals surface area contributed by atoms with Crippen LogP contribution in [0.15, 0.2) is 58.8 Å². The number of carbonyl (C=O) groups is 2. The molecule has 6 rings (SSSR count). The monoisotopic (exact) mass is 581 g/mol. The Morgan fingerprint density at radius 1 is 1.05 bits per heavy atom. The van der Waals surface area contributed by atoms with Crippen molar-refractivity contribution in [1.29, 1.82) is 0 Å². The zero-order valence-corrected chi connectivity index (χ0v) is 23.8. The van der Waals surface area contributed by atoms with Gasteiger partial charge < -0.3 is 4.74 Å². The number of piperidine rings is 1. The Hall–Kier alpha value is -3.31. The van der Waals surface area contributed by atoms with Crippen molar-refractivity contribution in [3.8, 4) is 27.6 Å². The molecular formula is C28H28ClN5O3S2. The lowest BCUT2D eigenvalue weighted by Gasteiger charge is -2.26. The summed E-state index contributed by atoms with van der Waals surface area (Å²) in [6.45, 7) is 5.47. The quantitative estimate of drug-likeness (QED) is 0.255. The van der Waals surface area contributed by atoms with Crippen LogP contribution in [-0.2, 0) is 9.59 Å². The fourth-order valence-electron chi connectivity index (χ4n) is 4.78. The van der Waals surface area contributed by atoms with E-state index in [2.05, 4.69) is 10.3 Å². The minimum absolute atomic E-state index is 0. The van der Waals surface area contributed by atoms with Gasteiger partial charge in [-0.15, -0.1) is 35.1 Å². The van der Waals surface area contributed by atoms with E-state index in [0.717, 1.165) is 56.6 Å². The Kier molecular flexibility index (Phi) is 8.27. The van der Waals surface area contributed by atoms with Crippen LogP contribution in [0, 0.1) is 0 Å². The molecule has 3 aromatic heterocycles. The van der Waals surface area contributed by atoms with Crippen molar-refractivity contribution in [3.63, 3.8) is 0 Å². The fourth-order valence-corrected chi connectivity index (χ4v) is 6.38. The Morgan fingerprint density at radius 2 is 1.90 bits per heavy atom. The van der Waals surface area contributed by atoms with E-state index >= 15 is 0 Å². The van der Waals surface area contributed by atoms with Gasteiger partial charge in [0.15, 0.2) is 11.6 Å². The van der Waals surface area contributed by atoms with E-state index in [1.54, 1.807) is 6.92 Å². The summed E-state index contributed by atoms with van der Waals surface area (Å²) in [5, 5.41) is 5.77. The first-order chi connectivity index (χ1) is 18.6. The summed E-state index contributed by atoms with van der Waals surface area (Å²) in [7, 11) is 0. The highest BCUT2D eigenvalue weighted by molar-refractivity contribution is 7.17. The van der Waals surface area contributed by atoms with Gasteiger partial charge in [0.1, 0.15) is 17.2 Å². The maximum absolute atomic E-state index is 12.6. The van der Waals surface area contributed by atoms with Gasteiger partial charge in [-0.05, 0) is 62.0 Å². The second-order valence-corrected chi connectivity index (χ2v) is 11.2. The molecule has 0 unspecified atom stereocenters. The first-order valence-corrected chi connectivity index (χ1v) is 14.4. The summed E-state index contributed by atoms with van der Waals surface area (Å²) < 4.78 is 6.12. The summed E-state index contributed by atoms with van der Waals surface area (Å²) in [5.41, 5.74) is 5.25. The predicted octanol–water partition coefficient (Wildman–Crippen LogP) is 6.02. The molecule has 2 aliphatic rings. The second-order valence-electron chi connectivity index (χ2n) is 9.40. The number of benzene rings is 1. The Labute approximate surface area is 240 Å². The molecule has 1 aromatic carbocycles. The molecule has 5 heterocycles. The van der Waals surface area contributed by atoms with E-state index in [1.165, 1.54) is 48.0 Å². The highest BCUT2D eigenvalue weighted by Gasteiger charge is 2.30. The van der Waals surface area contributed by atoms with Crippen LogP contribution in [-0.4, -0.2) is 57.9 Å². The van der Waals surface area contributed by atoms with Crippen LogP contribution in [0.2, 0.25) is 0 Å². The molecule has 1 fully saturated rings. The lowest BCUT2D eigenvalue weighted by atomic mass is 10.1. The number of hydrogen-bond acceptors (Lipinski definition) is 9. The summed E-state index contributed by atoms with van der Waals surface area (Å²) in [4.78, 5) is 38.9. The average Bonchev–Trinajstić information content (AvgIpc) is 3.67. The number of likely N-dealkylation sites (tertiary alicyclic amines) is 1. The lowest BCUT2D eigenvalue weighted by Crippen LogP contribution is -2.36. The third-order valence-electron chi connectivity index (χ3n) is 6.76. The number of amides is 2. The van der Waals surface area contributed by atoms with Gasteiger partial charge in [0.25, 0.3) is 11.8 Å². The van der Waals surface area contributed by atoms with E-state index in [1.807, 2.05) is 47.2 Å². The number of nitrogens with zero attached hydrogens (tertiary/aromatic N) is 4. The molecular weight excluding hydrogens is 554 g/mol. The number of imide groups is 1. The molecule has 0 bridgehead atoms. The van der Waals surface area contributed by atoms with Crippen LogP contribution in [0.3, 0.4) is 0 Å². The van der Waals surface area contributed by atoms with Crippen molar-refractivity contribution in [2.24, 2.45) is 0 Å². The van der Waals surface area contributed by atoms with Crippen molar-refractivity contribution in [2.75, 3.05) is 31.7 Å². The number of carbonyl (C=O) groups excluding carboxylic acids is 2. The van der Waals surface area contributed by atoms with Crippen LogP contribution in [0.5, 0.6) is 5.75 Å². The highest BCUT2D eigenvalue weighted by Crippen LogP contribution is 2.40. The van der Waals surface area contributed by atoms with Gasteiger partial charge in [-0.25, -0.2) is 9.97 Å². The van der Waals surface area contributed by atoms with Crippen molar-refractivity contribution in [1.82, 2.24) is 19.9 Å². The van der Waals surface area contributed by atoms with Gasteiger partial charge in [0.05, 0.1) is 10.3 Å². The minimum atomic E-state index is -0.419. The lowest BCUT2D eigenvalue weighted by molar-refractivity contribution is -0.135. The van der Waals surface area contributed by atoms with Crippen LogP contribution in [0.1, 0.15) is 26.2 Å². The van der Waals surface area contributed by atoms with E-state index < -0.39 is 5.91 Å². The number of fused-ring (bicyclic) bond motifs is 1. The maximum atomic E-state index is 12.6. The number of halogens is 1. The number of anilines is 1. The Bertz CT molecular complexity index is 1530. The first kappa shape index (κ1) is 27.3. The van der Waals surface area contributed by atoms with Gasteiger partial charge in [-0.3, -0.25) is 19.9 Å². The molecule has 2 amide bonds. The van der Waals surface area contributed by atoms with Crippen LogP contribution in [0.25, 0.3) is 32.0 Å². The molecule has 1 N–H and O–H groups in total. The molecule has 0 saturated carbocycles. The molecule has 11 heteroatoms. The van der Waals surface area contributed by atoms with E-state index in [0.29, 0.717) is 23.8 Å². The number of thiophene rings is 2.